The Kier molecular flexibility index (Phi) is 4.95. The Bertz CT molecular complexity index is 425. The molecular formula is C15H25N3O4. The van der Waals surface area contributed by atoms with Gasteiger partial charge in [0.15, 0.2) is 0 Å². The molecule has 3 heterocycles. The minimum absolute atomic E-state index is 0.00913. The molecule has 3 saturated heterocycles. The van der Waals surface area contributed by atoms with Crippen molar-refractivity contribution < 1.29 is 19.1 Å². The summed E-state index contributed by atoms with van der Waals surface area (Å²) in [5.74, 6) is 0.317. The van der Waals surface area contributed by atoms with Crippen molar-refractivity contribution in [2.75, 3.05) is 53.0 Å². The summed E-state index contributed by atoms with van der Waals surface area (Å²) in [7, 11) is 1.65. The maximum absolute atomic E-state index is 12.6. The lowest BCUT2D eigenvalue weighted by Gasteiger charge is -2.35. The number of morpholine rings is 1. The predicted molar refractivity (Wildman–Crippen MR) is 79.3 cm³/mol. The average molecular weight is 311 g/mol. The molecule has 7 heteroatoms. The summed E-state index contributed by atoms with van der Waals surface area (Å²) in [5, 5.41) is 2.66. The lowest BCUT2D eigenvalue weighted by atomic mass is 9.99. The molecule has 3 rings (SSSR count). The number of ether oxygens (including phenoxy) is 2. The number of likely N-dealkylation sites (tertiary alicyclic amines) is 1. The van der Waals surface area contributed by atoms with Crippen molar-refractivity contribution in [2.45, 2.75) is 25.0 Å². The van der Waals surface area contributed by atoms with Crippen molar-refractivity contribution in [3.63, 3.8) is 0 Å². The third-order valence-electron chi connectivity index (χ3n) is 4.92. The van der Waals surface area contributed by atoms with Gasteiger partial charge in [-0.2, -0.15) is 0 Å². The van der Waals surface area contributed by atoms with Crippen LogP contribution in [0.5, 0.6) is 0 Å². The number of amides is 2. The number of fused-ring (bicyclic) bond motifs is 1. The molecule has 0 radical (unpaired) electrons. The number of carbonyl (C=O) groups is 2. The molecular weight excluding hydrogens is 286 g/mol. The van der Waals surface area contributed by atoms with E-state index in [9.17, 15) is 9.59 Å². The zero-order valence-electron chi connectivity index (χ0n) is 13.1. The van der Waals surface area contributed by atoms with Gasteiger partial charge in [0.2, 0.25) is 11.8 Å². The summed E-state index contributed by atoms with van der Waals surface area (Å²) in [5.41, 5.74) is 0. The second kappa shape index (κ2) is 6.93. The first kappa shape index (κ1) is 15.7. The van der Waals surface area contributed by atoms with Gasteiger partial charge >= 0.3 is 0 Å². The van der Waals surface area contributed by atoms with Crippen LogP contribution < -0.4 is 5.32 Å². The summed E-state index contributed by atoms with van der Waals surface area (Å²) in [6.45, 7) is 4.40. The molecule has 0 bridgehead atoms. The Morgan fingerprint density at radius 3 is 2.68 bits per heavy atom. The van der Waals surface area contributed by atoms with Crippen molar-refractivity contribution >= 4 is 11.8 Å². The number of nitrogens with zero attached hydrogens (tertiary/aromatic N) is 2. The Morgan fingerprint density at radius 1 is 1.18 bits per heavy atom. The topological polar surface area (TPSA) is 71.1 Å². The van der Waals surface area contributed by atoms with E-state index in [1.165, 1.54) is 0 Å². The van der Waals surface area contributed by atoms with Crippen molar-refractivity contribution in [3.8, 4) is 0 Å². The van der Waals surface area contributed by atoms with E-state index < -0.39 is 0 Å². The van der Waals surface area contributed by atoms with E-state index in [1.807, 2.05) is 4.90 Å². The normalized spacial score (nSPS) is 30.1. The van der Waals surface area contributed by atoms with Crippen molar-refractivity contribution in [1.29, 1.82) is 0 Å². The first-order chi connectivity index (χ1) is 10.7. The Hall–Kier alpha value is -1.18. The van der Waals surface area contributed by atoms with Crippen LogP contribution in [0, 0.1) is 5.92 Å². The van der Waals surface area contributed by atoms with Gasteiger partial charge in [-0.3, -0.25) is 14.5 Å². The number of hydrogen-bond donors (Lipinski definition) is 1. The maximum atomic E-state index is 12.6. The molecule has 0 saturated carbocycles. The van der Waals surface area contributed by atoms with Crippen LogP contribution in [0.1, 0.15) is 12.8 Å². The summed E-state index contributed by atoms with van der Waals surface area (Å²) in [6, 6.07) is 0.134. The van der Waals surface area contributed by atoms with Gasteiger partial charge in [-0.25, -0.2) is 0 Å². The number of rotatable bonds is 3. The summed E-state index contributed by atoms with van der Waals surface area (Å²) >= 11 is 0. The summed E-state index contributed by atoms with van der Waals surface area (Å²) in [6.07, 6.45) is 1.66. The van der Waals surface area contributed by atoms with Gasteiger partial charge < -0.3 is 19.7 Å². The molecule has 3 fully saturated rings. The van der Waals surface area contributed by atoms with E-state index in [0.717, 1.165) is 19.4 Å². The number of carbonyl (C=O) groups excluding carboxylic acids is 2. The van der Waals surface area contributed by atoms with Gasteiger partial charge in [-0.15, -0.1) is 0 Å². The van der Waals surface area contributed by atoms with Crippen molar-refractivity contribution in [3.05, 3.63) is 0 Å². The average Bonchev–Trinajstić information content (AvgIpc) is 3.00. The van der Waals surface area contributed by atoms with Crippen molar-refractivity contribution in [1.82, 2.24) is 15.1 Å². The molecule has 0 aliphatic carbocycles. The Labute approximate surface area is 130 Å². The van der Waals surface area contributed by atoms with Gasteiger partial charge in [0.1, 0.15) is 0 Å². The first-order valence-electron chi connectivity index (χ1n) is 8.12. The fourth-order valence-corrected chi connectivity index (χ4v) is 3.60. The highest BCUT2D eigenvalue weighted by Crippen LogP contribution is 2.26. The van der Waals surface area contributed by atoms with Gasteiger partial charge in [-0.05, 0) is 12.8 Å². The van der Waals surface area contributed by atoms with Gasteiger partial charge in [0, 0.05) is 45.8 Å². The third kappa shape index (κ3) is 3.26. The minimum Gasteiger partial charge on any atom is -0.381 e. The molecule has 124 valence electrons. The van der Waals surface area contributed by atoms with Crippen LogP contribution in [0.4, 0.5) is 0 Å². The standard InChI is InChI=1S/C15H25N3O4/c1-16-14(19)10-17-4-7-22-13-9-18(8-12(13)17)15(20)11-2-5-21-6-3-11/h11-13H,2-10H2,1H3,(H,16,19)/t12-,13+/m0/s1. The highest BCUT2D eigenvalue weighted by atomic mass is 16.5. The van der Waals surface area contributed by atoms with Crippen LogP contribution in [0.2, 0.25) is 0 Å². The molecule has 0 unspecified atom stereocenters. The zero-order chi connectivity index (χ0) is 15.5. The van der Waals surface area contributed by atoms with Gasteiger partial charge in [-0.1, -0.05) is 0 Å². The Balaban J connectivity index is 1.61. The van der Waals surface area contributed by atoms with Crippen LogP contribution in [0.25, 0.3) is 0 Å². The molecule has 0 aromatic heterocycles. The molecule has 3 aliphatic heterocycles. The Morgan fingerprint density at radius 2 is 1.95 bits per heavy atom. The second-order valence-corrected chi connectivity index (χ2v) is 6.25. The molecule has 22 heavy (non-hydrogen) atoms. The minimum atomic E-state index is 0.00913. The number of nitrogens with one attached hydrogen (secondary N) is 1. The molecule has 2 atom stereocenters. The van der Waals surface area contributed by atoms with Gasteiger partial charge in [0.25, 0.3) is 0 Å². The molecule has 7 nitrogen and oxygen atoms in total. The fourth-order valence-electron chi connectivity index (χ4n) is 3.60. The van der Waals surface area contributed by atoms with Gasteiger partial charge in [0.05, 0.1) is 25.3 Å². The van der Waals surface area contributed by atoms with E-state index in [0.29, 0.717) is 39.5 Å². The fraction of sp³-hybridized carbons (Fsp3) is 0.867. The van der Waals surface area contributed by atoms with Crippen LogP contribution >= 0.6 is 0 Å². The van der Waals surface area contributed by atoms with E-state index in [2.05, 4.69) is 10.2 Å². The second-order valence-electron chi connectivity index (χ2n) is 6.25. The third-order valence-corrected chi connectivity index (χ3v) is 4.92. The lowest BCUT2D eigenvalue weighted by Crippen LogP contribution is -2.53. The van der Waals surface area contributed by atoms with E-state index in [-0.39, 0.29) is 29.9 Å². The number of hydrogen-bond acceptors (Lipinski definition) is 5. The SMILES string of the molecule is CNC(=O)CN1CCO[C@@H]2CN(C(=O)C3CCOCC3)C[C@@H]21. The molecule has 0 spiro atoms. The molecule has 0 aromatic carbocycles. The zero-order valence-corrected chi connectivity index (χ0v) is 13.1. The molecule has 3 aliphatic rings. The summed E-state index contributed by atoms with van der Waals surface area (Å²) < 4.78 is 11.2. The first-order valence-corrected chi connectivity index (χ1v) is 8.12. The van der Waals surface area contributed by atoms with Crippen LogP contribution in [-0.2, 0) is 19.1 Å². The lowest BCUT2D eigenvalue weighted by molar-refractivity contribution is -0.137. The van der Waals surface area contributed by atoms with Crippen LogP contribution in [0.3, 0.4) is 0 Å². The predicted octanol–water partition coefficient (Wildman–Crippen LogP) is -0.929. The highest BCUT2D eigenvalue weighted by molar-refractivity contribution is 5.79. The van der Waals surface area contributed by atoms with E-state index in [4.69, 9.17) is 9.47 Å². The van der Waals surface area contributed by atoms with E-state index in [1.54, 1.807) is 7.05 Å². The monoisotopic (exact) mass is 311 g/mol. The smallest absolute Gasteiger partial charge is 0.233 e. The molecule has 1 N–H and O–H groups in total. The number of likely N-dealkylation sites (N-methyl/N-ethyl adjacent to an activating group) is 1. The highest BCUT2D eigenvalue weighted by Gasteiger charge is 2.43. The van der Waals surface area contributed by atoms with E-state index >= 15 is 0 Å². The van der Waals surface area contributed by atoms with Crippen LogP contribution in [0.15, 0.2) is 0 Å². The molecule has 0 aromatic rings. The largest absolute Gasteiger partial charge is 0.381 e. The van der Waals surface area contributed by atoms with Crippen molar-refractivity contribution in [2.24, 2.45) is 5.92 Å². The summed E-state index contributed by atoms with van der Waals surface area (Å²) in [4.78, 5) is 28.4. The quantitative estimate of drug-likeness (QED) is 0.729. The van der Waals surface area contributed by atoms with Crippen LogP contribution in [-0.4, -0.2) is 86.8 Å². The maximum Gasteiger partial charge on any atom is 0.233 e. The molecule has 2 amide bonds.